The molecule has 1 fully saturated rings. The summed E-state index contributed by atoms with van der Waals surface area (Å²) in [7, 11) is 0. The van der Waals surface area contributed by atoms with Crippen molar-refractivity contribution in [3.63, 3.8) is 0 Å². The van der Waals surface area contributed by atoms with Gasteiger partial charge in [-0.15, -0.1) is 0 Å². The second-order valence-electron chi connectivity index (χ2n) is 8.91. The van der Waals surface area contributed by atoms with E-state index < -0.39 is 6.04 Å². The van der Waals surface area contributed by atoms with Gasteiger partial charge in [0.1, 0.15) is 6.04 Å². The lowest BCUT2D eigenvalue weighted by atomic mass is 9.95. The highest BCUT2D eigenvalue weighted by molar-refractivity contribution is 5.91. The number of para-hydroxylation sites is 1. The van der Waals surface area contributed by atoms with Crippen molar-refractivity contribution in [1.29, 1.82) is 0 Å². The molecule has 7 nitrogen and oxygen atoms in total. The second kappa shape index (κ2) is 9.77. The molecule has 0 bridgehead atoms. The number of carbonyl (C=O) groups is 2. The second-order valence-corrected chi connectivity index (χ2v) is 8.91. The Bertz CT molecular complexity index is 1140. The molecule has 1 saturated heterocycles. The van der Waals surface area contributed by atoms with Crippen LogP contribution in [0.5, 0.6) is 0 Å². The van der Waals surface area contributed by atoms with Gasteiger partial charge in [0.2, 0.25) is 11.8 Å². The molecule has 3 aromatic rings. The SMILES string of the molecule is O=C(NC(Cc1c[nH]c2ccccc12)C(=O)NCC1CCCO1)C1Cc2ccccc2CN1. The molecule has 3 unspecified atom stereocenters. The van der Waals surface area contributed by atoms with E-state index in [9.17, 15) is 9.59 Å². The van der Waals surface area contributed by atoms with Crippen LogP contribution in [0.4, 0.5) is 0 Å². The maximum atomic E-state index is 13.2. The molecule has 3 heterocycles. The molecular weight excluding hydrogens is 416 g/mol. The van der Waals surface area contributed by atoms with E-state index in [2.05, 4.69) is 33.1 Å². The number of hydrogen-bond donors (Lipinski definition) is 4. The van der Waals surface area contributed by atoms with Crippen LogP contribution in [0.1, 0.15) is 29.5 Å². The molecule has 5 rings (SSSR count). The minimum Gasteiger partial charge on any atom is -0.376 e. The molecule has 7 heteroatoms. The summed E-state index contributed by atoms with van der Waals surface area (Å²) in [6.07, 6.45) is 4.97. The average molecular weight is 447 g/mol. The first-order chi connectivity index (χ1) is 16.2. The number of aromatic amines is 1. The van der Waals surface area contributed by atoms with Crippen LogP contribution >= 0.6 is 0 Å². The van der Waals surface area contributed by atoms with Gasteiger partial charge in [-0.1, -0.05) is 42.5 Å². The zero-order valence-electron chi connectivity index (χ0n) is 18.6. The summed E-state index contributed by atoms with van der Waals surface area (Å²) >= 11 is 0. The van der Waals surface area contributed by atoms with Crippen molar-refractivity contribution in [1.82, 2.24) is 20.9 Å². The zero-order valence-corrected chi connectivity index (χ0v) is 18.6. The minimum absolute atomic E-state index is 0.0508. The van der Waals surface area contributed by atoms with Crippen LogP contribution in [-0.4, -0.2) is 48.1 Å². The number of carbonyl (C=O) groups excluding carboxylic acids is 2. The van der Waals surface area contributed by atoms with Crippen molar-refractivity contribution in [2.45, 2.75) is 50.4 Å². The number of ether oxygens (including phenoxy) is 1. The van der Waals surface area contributed by atoms with E-state index in [1.54, 1.807) is 0 Å². The van der Waals surface area contributed by atoms with E-state index in [0.717, 1.165) is 35.9 Å². The molecule has 0 spiro atoms. The third-order valence-electron chi connectivity index (χ3n) is 6.66. The first-order valence-electron chi connectivity index (χ1n) is 11.7. The van der Waals surface area contributed by atoms with E-state index in [4.69, 9.17) is 4.74 Å². The Labute approximate surface area is 193 Å². The summed E-state index contributed by atoms with van der Waals surface area (Å²) in [5.41, 5.74) is 4.41. The lowest BCUT2D eigenvalue weighted by Crippen LogP contribution is -2.55. The Kier molecular flexibility index (Phi) is 6.41. The van der Waals surface area contributed by atoms with Gasteiger partial charge in [-0.05, 0) is 42.0 Å². The molecule has 33 heavy (non-hydrogen) atoms. The Morgan fingerprint density at radius 1 is 1.09 bits per heavy atom. The molecule has 0 aliphatic carbocycles. The topological polar surface area (TPSA) is 95.2 Å². The molecule has 0 radical (unpaired) electrons. The van der Waals surface area contributed by atoms with Gasteiger partial charge in [-0.3, -0.25) is 9.59 Å². The van der Waals surface area contributed by atoms with E-state index in [1.807, 2.05) is 42.6 Å². The average Bonchev–Trinajstić information content (AvgIpc) is 3.52. The van der Waals surface area contributed by atoms with Crippen LogP contribution in [0.15, 0.2) is 54.7 Å². The van der Waals surface area contributed by atoms with E-state index >= 15 is 0 Å². The molecule has 2 aliphatic rings. The van der Waals surface area contributed by atoms with E-state index in [0.29, 0.717) is 25.9 Å². The largest absolute Gasteiger partial charge is 0.376 e. The third kappa shape index (κ3) is 4.94. The zero-order chi connectivity index (χ0) is 22.6. The lowest BCUT2D eigenvalue weighted by molar-refractivity contribution is -0.130. The summed E-state index contributed by atoms with van der Waals surface area (Å²) < 4.78 is 5.64. The first kappa shape index (κ1) is 21.7. The highest BCUT2D eigenvalue weighted by Gasteiger charge is 2.29. The number of rotatable bonds is 7. The van der Waals surface area contributed by atoms with Gasteiger partial charge in [0.05, 0.1) is 12.1 Å². The van der Waals surface area contributed by atoms with Gasteiger partial charge in [0.15, 0.2) is 0 Å². The van der Waals surface area contributed by atoms with Gasteiger partial charge in [0.25, 0.3) is 0 Å². The van der Waals surface area contributed by atoms with Gasteiger partial charge in [-0.25, -0.2) is 0 Å². The maximum absolute atomic E-state index is 13.2. The lowest BCUT2D eigenvalue weighted by Gasteiger charge is -2.27. The molecule has 0 saturated carbocycles. The fourth-order valence-electron chi connectivity index (χ4n) is 4.78. The minimum atomic E-state index is -0.669. The van der Waals surface area contributed by atoms with Crippen molar-refractivity contribution in [2.24, 2.45) is 0 Å². The molecular formula is C26H30N4O3. The maximum Gasteiger partial charge on any atom is 0.243 e. The molecule has 2 amide bonds. The summed E-state index contributed by atoms with van der Waals surface area (Å²) in [5, 5.41) is 10.4. The predicted molar refractivity (Wildman–Crippen MR) is 127 cm³/mol. The standard InChI is InChI=1S/C26H30N4O3/c31-25(29-16-20-8-5-11-33-20)24(13-19-15-27-22-10-4-3-9-21(19)22)30-26(32)23-12-17-6-1-2-7-18(17)14-28-23/h1-4,6-7,9-10,15,20,23-24,27-28H,5,8,11-14,16H2,(H,29,31)(H,30,32). The van der Waals surface area contributed by atoms with Crippen LogP contribution in [-0.2, 0) is 33.7 Å². The van der Waals surface area contributed by atoms with Crippen molar-refractivity contribution in [3.8, 4) is 0 Å². The molecule has 1 aromatic heterocycles. The van der Waals surface area contributed by atoms with E-state index in [-0.39, 0.29) is 24.0 Å². The molecule has 4 N–H and O–H groups in total. The number of fused-ring (bicyclic) bond motifs is 2. The summed E-state index contributed by atoms with van der Waals surface area (Å²) in [6.45, 7) is 1.85. The van der Waals surface area contributed by atoms with Gasteiger partial charge >= 0.3 is 0 Å². The highest BCUT2D eigenvalue weighted by atomic mass is 16.5. The Balaban J connectivity index is 1.30. The summed E-state index contributed by atoms with van der Waals surface area (Å²) in [5.74, 6) is -0.332. The fourth-order valence-corrected chi connectivity index (χ4v) is 4.78. The number of nitrogens with one attached hydrogen (secondary N) is 4. The van der Waals surface area contributed by atoms with Gasteiger partial charge < -0.3 is 25.7 Å². The van der Waals surface area contributed by atoms with Crippen molar-refractivity contribution in [3.05, 3.63) is 71.4 Å². The summed E-state index contributed by atoms with van der Waals surface area (Å²) in [4.78, 5) is 29.6. The normalized spacial score (nSPS) is 20.8. The van der Waals surface area contributed by atoms with E-state index in [1.165, 1.54) is 11.1 Å². The number of hydrogen-bond acceptors (Lipinski definition) is 4. The van der Waals surface area contributed by atoms with Crippen LogP contribution in [0, 0.1) is 0 Å². The smallest absolute Gasteiger partial charge is 0.243 e. The van der Waals surface area contributed by atoms with Crippen LogP contribution in [0.2, 0.25) is 0 Å². The first-order valence-corrected chi connectivity index (χ1v) is 11.7. The number of aromatic nitrogens is 1. The van der Waals surface area contributed by atoms with Crippen molar-refractivity contribution < 1.29 is 14.3 Å². The molecule has 2 aliphatic heterocycles. The quantitative estimate of drug-likeness (QED) is 0.448. The Hall–Kier alpha value is -3.16. The van der Waals surface area contributed by atoms with Gasteiger partial charge in [0, 0.05) is 43.2 Å². The number of amides is 2. The van der Waals surface area contributed by atoms with Crippen molar-refractivity contribution in [2.75, 3.05) is 13.2 Å². The van der Waals surface area contributed by atoms with Crippen molar-refractivity contribution >= 4 is 22.7 Å². The molecule has 3 atom stereocenters. The third-order valence-corrected chi connectivity index (χ3v) is 6.66. The number of benzene rings is 2. The van der Waals surface area contributed by atoms with Crippen LogP contribution in [0.25, 0.3) is 10.9 Å². The Morgan fingerprint density at radius 3 is 2.76 bits per heavy atom. The summed E-state index contributed by atoms with van der Waals surface area (Å²) in [6, 6.07) is 15.1. The molecule has 2 aromatic carbocycles. The predicted octanol–water partition coefficient (Wildman–Crippen LogP) is 2.20. The molecule has 172 valence electrons. The Morgan fingerprint density at radius 2 is 1.91 bits per heavy atom. The monoisotopic (exact) mass is 446 g/mol. The number of H-pyrrole nitrogens is 1. The van der Waals surface area contributed by atoms with Crippen LogP contribution in [0.3, 0.4) is 0 Å². The highest BCUT2D eigenvalue weighted by Crippen LogP contribution is 2.20. The van der Waals surface area contributed by atoms with Gasteiger partial charge in [-0.2, -0.15) is 0 Å². The fraction of sp³-hybridized carbons (Fsp3) is 0.385. The van der Waals surface area contributed by atoms with Crippen LogP contribution < -0.4 is 16.0 Å².